The summed E-state index contributed by atoms with van der Waals surface area (Å²) in [6, 6.07) is 10.5. The highest BCUT2D eigenvalue weighted by Gasteiger charge is 2.26. The van der Waals surface area contributed by atoms with Crippen LogP contribution in [-0.4, -0.2) is 44.3 Å². The third kappa shape index (κ3) is 3.26. The zero-order valence-electron chi connectivity index (χ0n) is 14.7. The van der Waals surface area contributed by atoms with E-state index in [0.29, 0.717) is 15.7 Å². The Balaban J connectivity index is 1.56. The number of pyridine rings is 1. The van der Waals surface area contributed by atoms with Crippen LogP contribution in [-0.2, 0) is 0 Å². The largest absolute Gasteiger partial charge is 0.396 e. The second-order valence-corrected chi connectivity index (χ2v) is 7.56. The van der Waals surface area contributed by atoms with Crippen LogP contribution in [0.4, 0.5) is 23.0 Å². The maximum absolute atomic E-state index is 6.52. The summed E-state index contributed by atoms with van der Waals surface area (Å²) in [5.74, 6) is 1.52. The first-order chi connectivity index (χ1) is 12.6. The molecule has 4 rings (SSSR count). The third-order valence-electron chi connectivity index (χ3n) is 5.18. The second-order valence-electron chi connectivity index (χ2n) is 6.80. The Bertz CT molecular complexity index is 769. The first-order valence-corrected chi connectivity index (χ1v) is 9.85. The molecule has 26 heavy (non-hydrogen) atoms. The highest BCUT2D eigenvalue weighted by atomic mass is 35.5. The van der Waals surface area contributed by atoms with Crippen molar-refractivity contribution in [2.45, 2.75) is 12.8 Å². The van der Waals surface area contributed by atoms with Crippen LogP contribution < -0.4 is 20.4 Å². The van der Waals surface area contributed by atoms with Gasteiger partial charge in [0.25, 0.3) is 0 Å². The Morgan fingerprint density at radius 1 is 0.731 bits per heavy atom. The summed E-state index contributed by atoms with van der Waals surface area (Å²) >= 11 is 13.0. The van der Waals surface area contributed by atoms with Gasteiger partial charge in [0.05, 0.1) is 5.69 Å². The monoisotopic (exact) mass is 391 g/mol. The lowest BCUT2D eigenvalue weighted by Crippen LogP contribution is -2.47. The van der Waals surface area contributed by atoms with Gasteiger partial charge in [0.1, 0.15) is 10.0 Å². The van der Waals surface area contributed by atoms with Crippen molar-refractivity contribution < 1.29 is 0 Å². The number of hydrogen-bond donors (Lipinski definition) is 1. The number of benzene rings is 1. The molecule has 2 saturated heterocycles. The Morgan fingerprint density at radius 3 is 1.81 bits per heavy atom. The summed E-state index contributed by atoms with van der Waals surface area (Å²) in [7, 11) is 0. The predicted molar refractivity (Wildman–Crippen MR) is 111 cm³/mol. The van der Waals surface area contributed by atoms with Crippen molar-refractivity contribution in [1.29, 1.82) is 0 Å². The lowest BCUT2D eigenvalue weighted by molar-refractivity contribution is 0.647. The van der Waals surface area contributed by atoms with Gasteiger partial charge in [-0.2, -0.15) is 0 Å². The number of nitrogen functional groups attached to an aromatic ring is 1. The van der Waals surface area contributed by atoms with Gasteiger partial charge in [0.2, 0.25) is 0 Å². The summed E-state index contributed by atoms with van der Waals surface area (Å²) in [6.45, 7) is 5.47. The van der Waals surface area contributed by atoms with Crippen LogP contribution in [0, 0.1) is 0 Å². The van der Waals surface area contributed by atoms with Gasteiger partial charge in [0, 0.05) is 45.0 Å². The fourth-order valence-corrected chi connectivity index (χ4v) is 4.26. The molecule has 0 radical (unpaired) electrons. The van der Waals surface area contributed by atoms with Crippen molar-refractivity contribution in [3.63, 3.8) is 0 Å². The molecule has 2 aliphatic heterocycles. The smallest absolute Gasteiger partial charge is 0.152 e. The third-order valence-corrected chi connectivity index (χ3v) is 5.93. The number of rotatable bonds is 3. The molecule has 2 aliphatic rings. The van der Waals surface area contributed by atoms with E-state index in [2.05, 4.69) is 39.0 Å². The summed E-state index contributed by atoms with van der Waals surface area (Å²) in [4.78, 5) is 11.6. The van der Waals surface area contributed by atoms with E-state index in [9.17, 15) is 0 Å². The minimum Gasteiger partial charge on any atom is -0.396 e. The van der Waals surface area contributed by atoms with Crippen LogP contribution in [0.1, 0.15) is 12.8 Å². The van der Waals surface area contributed by atoms with Crippen LogP contribution in [0.3, 0.4) is 0 Å². The van der Waals surface area contributed by atoms with Gasteiger partial charge in [-0.05, 0) is 25.0 Å². The van der Waals surface area contributed by atoms with E-state index in [4.69, 9.17) is 33.9 Å². The average Bonchev–Trinajstić information content (AvgIpc) is 3.22. The number of nitrogens with two attached hydrogens (primary N) is 1. The molecule has 7 heteroatoms. The lowest BCUT2D eigenvalue weighted by atomic mass is 10.2. The van der Waals surface area contributed by atoms with Crippen molar-refractivity contribution in [2.24, 2.45) is 0 Å². The maximum Gasteiger partial charge on any atom is 0.152 e. The first-order valence-electron chi connectivity index (χ1n) is 9.09. The zero-order valence-corrected chi connectivity index (χ0v) is 16.2. The molecule has 0 spiro atoms. The van der Waals surface area contributed by atoms with E-state index in [0.717, 1.165) is 63.7 Å². The topological polar surface area (TPSA) is 48.6 Å². The zero-order chi connectivity index (χ0) is 18.1. The van der Waals surface area contributed by atoms with Crippen molar-refractivity contribution >= 4 is 46.2 Å². The van der Waals surface area contributed by atoms with Gasteiger partial charge in [-0.1, -0.05) is 41.4 Å². The van der Waals surface area contributed by atoms with Crippen LogP contribution in [0.2, 0.25) is 10.0 Å². The maximum atomic E-state index is 6.52. The molecule has 1 aromatic heterocycles. The van der Waals surface area contributed by atoms with Crippen LogP contribution in [0.5, 0.6) is 0 Å². The first kappa shape index (κ1) is 17.6. The van der Waals surface area contributed by atoms with Gasteiger partial charge >= 0.3 is 0 Å². The van der Waals surface area contributed by atoms with Crippen LogP contribution >= 0.6 is 23.2 Å². The summed E-state index contributed by atoms with van der Waals surface area (Å²) in [6.07, 6.45) is 2.32. The molecule has 0 unspecified atom stereocenters. The number of anilines is 4. The minimum absolute atomic E-state index is 0.436. The van der Waals surface area contributed by atoms with Crippen molar-refractivity contribution in [1.82, 2.24) is 4.98 Å². The molecule has 0 bridgehead atoms. The van der Waals surface area contributed by atoms with Crippen molar-refractivity contribution in [3.8, 4) is 0 Å². The number of hydrogen-bond acceptors (Lipinski definition) is 5. The van der Waals surface area contributed by atoms with Gasteiger partial charge in [-0.15, -0.1) is 0 Å². The van der Waals surface area contributed by atoms with E-state index in [1.54, 1.807) is 0 Å². The Morgan fingerprint density at radius 2 is 1.23 bits per heavy atom. The highest BCUT2D eigenvalue weighted by molar-refractivity contribution is 6.41. The number of piperazine rings is 1. The summed E-state index contributed by atoms with van der Waals surface area (Å²) in [5.41, 5.74) is 7.89. The number of para-hydroxylation sites is 1. The fourth-order valence-electron chi connectivity index (χ4n) is 3.70. The van der Waals surface area contributed by atoms with Crippen molar-refractivity contribution in [3.05, 3.63) is 40.4 Å². The molecule has 5 nitrogen and oxygen atoms in total. The fraction of sp³-hybridized carbons (Fsp3) is 0.421. The lowest BCUT2D eigenvalue weighted by Gasteiger charge is -2.37. The number of nitrogens with zero attached hydrogens (tertiary/aromatic N) is 4. The summed E-state index contributed by atoms with van der Waals surface area (Å²) in [5, 5.41) is 0.940. The second kappa shape index (κ2) is 7.41. The normalized spacial score (nSPS) is 17.8. The quantitative estimate of drug-likeness (QED) is 0.859. The molecule has 2 N–H and O–H groups in total. The van der Waals surface area contributed by atoms with E-state index in [1.165, 1.54) is 5.69 Å². The molecule has 138 valence electrons. The molecule has 1 aromatic carbocycles. The molecule has 0 amide bonds. The molecule has 2 fully saturated rings. The minimum atomic E-state index is 0.436. The number of halogens is 2. The Labute approximate surface area is 164 Å². The van der Waals surface area contributed by atoms with E-state index < -0.39 is 0 Å². The molecule has 3 heterocycles. The Kier molecular flexibility index (Phi) is 5.00. The Hall–Kier alpha value is -1.85. The molecular weight excluding hydrogens is 369 g/mol. The van der Waals surface area contributed by atoms with Gasteiger partial charge in [-0.25, -0.2) is 4.98 Å². The van der Waals surface area contributed by atoms with Crippen LogP contribution in [0.15, 0.2) is 30.3 Å². The van der Waals surface area contributed by atoms with E-state index in [1.807, 2.05) is 6.07 Å². The molecule has 0 aliphatic carbocycles. The molecule has 2 aromatic rings. The SMILES string of the molecule is Nc1c(Cl)c(N2CCCC2)nc(N2CCN(c3ccccc3)CC2)c1Cl. The summed E-state index contributed by atoms with van der Waals surface area (Å²) < 4.78 is 0. The van der Waals surface area contributed by atoms with Gasteiger partial charge < -0.3 is 20.4 Å². The van der Waals surface area contributed by atoms with Gasteiger partial charge in [0.15, 0.2) is 11.6 Å². The van der Waals surface area contributed by atoms with Crippen LogP contribution in [0.25, 0.3) is 0 Å². The van der Waals surface area contributed by atoms with Gasteiger partial charge in [-0.3, -0.25) is 0 Å². The predicted octanol–water partition coefficient (Wildman–Crippen LogP) is 3.90. The molecule has 0 atom stereocenters. The molecule has 0 saturated carbocycles. The standard InChI is InChI=1S/C19H23Cl2N5/c20-15-17(22)16(21)19(23-18(15)25-8-4-5-9-25)26-12-10-24(11-13-26)14-6-2-1-3-7-14/h1-3,6-7H,4-5,8-13H2,(H2,22,23). The molecular formula is C19H23Cl2N5. The highest BCUT2D eigenvalue weighted by Crippen LogP contribution is 2.41. The average molecular weight is 392 g/mol. The number of aromatic nitrogens is 1. The van der Waals surface area contributed by atoms with E-state index in [-0.39, 0.29) is 0 Å². The van der Waals surface area contributed by atoms with Crippen molar-refractivity contribution in [2.75, 3.05) is 59.7 Å². The van der Waals surface area contributed by atoms with E-state index >= 15 is 0 Å².